The maximum Gasteiger partial charge on any atom is 0.339 e. The molecule has 0 unspecified atom stereocenters. The smallest absolute Gasteiger partial charge is 0.339 e. The standard InChI is InChI=1S/C23H31NO6S/c1-23(2,3)16-22(25)24(14-15-28-4)17-18-8-6-7-9-21(18)30-31(26,27)20-12-10-19(29-5)11-13-20/h6-13H,14-17H2,1-5H3. The van der Waals surface area contributed by atoms with E-state index in [4.69, 9.17) is 13.7 Å². The van der Waals surface area contributed by atoms with Crippen LogP contribution in [0.3, 0.4) is 0 Å². The summed E-state index contributed by atoms with van der Waals surface area (Å²) < 4.78 is 41.2. The number of amides is 1. The summed E-state index contributed by atoms with van der Waals surface area (Å²) in [5, 5.41) is 0. The molecule has 0 aliphatic heterocycles. The third-order valence-electron chi connectivity index (χ3n) is 4.48. The molecule has 0 saturated heterocycles. The predicted octanol–water partition coefficient (Wildman–Crippen LogP) is 3.87. The molecule has 8 heteroatoms. The lowest BCUT2D eigenvalue weighted by molar-refractivity contribution is -0.134. The van der Waals surface area contributed by atoms with E-state index in [9.17, 15) is 13.2 Å². The van der Waals surface area contributed by atoms with Crippen molar-refractivity contribution in [2.24, 2.45) is 5.41 Å². The summed E-state index contributed by atoms with van der Waals surface area (Å²) in [4.78, 5) is 14.5. The molecule has 31 heavy (non-hydrogen) atoms. The van der Waals surface area contributed by atoms with Gasteiger partial charge in [0, 0.05) is 32.2 Å². The molecule has 0 aliphatic carbocycles. The Morgan fingerprint density at radius 1 is 1.00 bits per heavy atom. The highest BCUT2D eigenvalue weighted by Gasteiger charge is 2.24. The molecule has 2 aromatic rings. The van der Waals surface area contributed by atoms with Gasteiger partial charge in [-0.05, 0) is 35.7 Å². The Kier molecular flexibility index (Phi) is 8.47. The van der Waals surface area contributed by atoms with Crippen LogP contribution in [0.15, 0.2) is 53.4 Å². The summed E-state index contributed by atoms with van der Waals surface area (Å²) in [6.07, 6.45) is 0.365. The number of nitrogens with zero attached hydrogens (tertiary/aromatic N) is 1. The van der Waals surface area contributed by atoms with Gasteiger partial charge >= 0.3 is 10.1 Å². The number of methoxy groups -OCH3 is 2. The molecule has 0 radical (unpaired) electrons. The summed E-state index contributed by atoms with van der Waals surface area (Å²) in [7, 11) is -0.966. The van der Waals surface area contributed by atoms with Crippen molar-refractivity contribution in [3.63, 3.8) is 0 Å². The zero-order valence-electron chi connectivity index (χ0n) is 18.8. The van der Waals surface area contributed by atoms with Crippen molar-refractivity contribution in [2.75, 3.05) is 27.4 Å². The molecule has 0 bridgehead atoms. The zero-order valence-corrected chi connectivity index (χ0v) is 19.6. The molecule has 0 N–H and O–H groups in total. The largest absolute Gasteiger partial charge is 0.497 e. The Morgan fingerprint density at radius 2 is 1.65 bits per heavy atom. The molecular weight excluding hydrogens is 418 g/mol. The van der Waals surface area contributed by atoms with E-state index in [0.717, 1.165) is 0 Å². The molecule has 0 atom stereocenters. The highest BCUT2D eigenvalue weighted by molar-refractivity contribution is 7.87. The average molecular weight is 450 g/mol. The van der Waals surface area contributed by atoms with Crippen LogP contribution in [0.4, 0.5) is 0 Å². The first-order valence-corrected chi connectivity index (χ1v) is 11.4. The monoisotopic (exact) mass is 449 g/mol. The van der Waals surface area contributed by atoms with Gasteiger partial charge in [0.2, 0.25) is 5.91 Å². The van der Waals surface area contributed by atoms with Gasteiger partial charge in [-0.3, -0.25) is 4.79 Å². The number of rotatable bonds is 10. The highest BCUT2D eigenvalue weighted by Crippen LogP contribution is 2.27. The van der Waals surface area contributed by atoms with E-state index >= 15 is 0 Å². The van der Waals surface area contributed by atoms with E-state index < -0.39 is 10.1 Å². The van der Waals surface area contributed by atoms with E-state index in [1.54, 1.807) is 48.4 Å². The summed E-state index contributed by atoms with van der Waals surface area (Å²) in [5.74, 6) is 0.701. The van der Waals surface area contributed by atoms with E-state index in [1.165, 1.54) is 19.2 Å². The third-order valence-corrected chi connectivity index (χ3v) is 5.73. The molecule has 0 aromatic heterocycles. The highest BCUT2D eigenvalue weighted by atomic mass is 32.2. The molecule has 1 amide bonds. The van der Waals surface area contributed by atoms with Crippen LogP contribution in [-0.4, -0.2) is 46.6 Å². The number of carbonyl (C=O) groups excluding carboxylic acids is 1. The van der Waals surface area contributed by atoms with Gasteiger partial charge in [0.15, 0.2) is 0 Å². The van der Waals surface area contributed by atoms with Gasteiger partial charge in [-0.25, -0.2) is 0 Å². The van der Waals surface area contributed by atoms with Crippen LogP contribution in [-0.2, 0) is 26.2 Å². The van der Waals surface area contributed by atoms with E-state index in [0.29, 0.717) is 30.9 Å². The van der Waals surface area contributed by atoms with E-state index in [1.807, 2.05) is 20.8 Å². The molecule has 0 fully saturated rings. The lowest BCUT2D eigenvalue weighted by atomic mass is 9.91. The van der Waals surface area contributed by atoms with Crippen molar-refractivity contribution < 1.29 is 26.9 Å². The van der Waals surface area contributed by atoms with Crippen LogP contribution in [0.5, 0.6) is 11.5 Å². The molecule has 2 aromatic carbocycles. The Balaban J connectivity index is 2.26. The first kappa shape index (κ1) is 24.7. The molecule has 0 heterocycles. The minimum atomic E-state index is -4.05. The summed E-state index contributed by atoms with van der Waals surface area (Å²) in [6.45, 7) is 6.98. The fourth-order valence-electron chi connectivity index (χ4n) is 2.89. The molecule has 0 saturated carbocycles. The number of carbonyl (C=O) groups is 1. The Labute approximate surface area is 185 Å². The van der Waals surface area contributed by atoms with Gasteiger partial charge in [-0.1, -0.05) is 39.0 Å². The predicted molar refractivity (Wildman–Crippen MR) is 119 cm³/mol. The average Bonchev–Trinajstić information content (AvgIpc) is 2.70. The fraction of sp³-hybridized carbons (Fsp3) is 0.435. The third kappa shape index (κ3) is 7.56. The van der Waals surface area contributed by atoms with Gasteiger partial charge in [0.25, 0.3) is 0 Å². The van der Waals surface area contributed by atoms with Gasteiger partial charge in [-0.2, -0.15) is 8.42 Å². The number of hydrogen-bond acceptors (Lipinski definition) is 6. The second-order valence-corrected chi connectivity index (χ2v) is 9.91. The van der Waals surface area contributed by atoms with Crippen molar-refractivity contribution in [2.45, 2.75) is 38.6 Å². The zero-order chi connectivity index (χ0) is 23.1. The maximum absolute atomic E-state index is 12.8. The van der Waals surface area contributed by atoms with Crippen LogP contribution >= 0.6 is 0 Å². The minimum Gasteiger partial charge on any atom is -0.497 e. The molecular formula is C23H31NO6S. The Bertz CT molecular complexity index is 964. The van der Waals surface area contributed by atoms with E-state index in [2.05, 4.69) is 0 Å². The SMILES string of the molecule is COCCN(Cc1ccccc1OS(=O)(=O)c1ccc(OC)cc1)C(=O)CC(C)(C)C. The maximum atomic E-state index is 12.8. The summed E-state index contributed by atoms with van der Waals surface area (Å²) in [5.41, 5.74) is 0.425. The van der Waals surface area contributed by atoms with Crippen molar-refractivity contribution in [3.05, 3.63) is 54.1 Å². The molecule has 0 spiro atoms. The number of benzene rings is 2. The van der Waals surface area contributed by atoms with Crippen molar-refractivity contribution in [1.29, 1.82) is 0 Å². The lowest BCUT2D eigenvalue weighted by Gasteiger charge is -2.27. The number of para-hydroxylation sites is 1. The minimum absolute atomic E-state index is 0.0168. The lowest BCUT2D eigenvalue weighted by Crippen LogP contribution is -2.35. The van der Waals surface area contributed by atoms with Gasteiger partial charge < -0.3 is 18.6 Å². The molecule has 170 valence electrons. The fourth-order valence-corrected chi connectivity index (χ4v) is 3.85. The first-order valence-electron chi connectivity index (χ1n) is 9.99. The van der Waals surface area contributed by atoms with E-state index in [-0.39, 0.29) is 28.5 Å². The van der Waals surface area contributed by atoms with Crippen LogP contribution in [0.2, 0.25) is 0 Å². The van der Waals surface area contributed by atoms with Crippen molar-refractivity contribution in [1.82, 2.24) is 4.90 Å². The van der Waals surface area contributed by atoms with Gasteiger partial charge in [0.1, 0.15) is 16.4 Å². The van der Waals surface area contributed by atoms with Gasteiger partial charge in [-0.15, -0.1) is 0 Å². The normalized spacial score (nSPS) is 11.8. The van der Waals surface area contributed by atoms with Crippen LogP contribution < -0.4 is 8.92 Å². The second-order valence-electron chi connectivity index (χ2n) is 8.37. The Hall–Kier alpha value is -2.58. The molecule has 7 nitrogen and oxygen atoms in total. The van der Waals surface area contributed by atoms with Crippen molar-refractivity contribution >= 4 is 16.0 Å². The number of ether oxygens (including phenoxy) is 2. The van der Waals surface area contributed by atoms with Gasteiger partial charge in [0.05, 0.1) is 13.7 Å². The molecule has 2 rings (SSSR count). The van der Waals surface area contributed by atoms with Crippen LogP contribution in [0.25, 0.3) is 0 Å². The summed E-state index contributed by atoms with van der Waals surface area (Å²) in [6, 6.07) is 12.8. The second kappa shape index (κ2) is 10.6. The van der Waals surface area contributed by atoms with Crippen LogP contribution in [0, 0.1) is 5.41 Å². The van der Waals surface area contributed by atoms with Crippen LogP contribution in [0.1, 0.15) is 32.8 Å². The quantitative estimate of drug-likeness (QED) is 0.512. The topological polar surface area (TPSA) is 82.1 Å². The number of hydrogen-bond donors (Lipinski definition) is 0. The molecule has 0 aliphatic rings. The first-order chi connectivity index (χ1) is 14.6. The van der Waals surface area contributed by atoms with Crippen molar-refractivity contribution in [3.8, 4) is 11.5 Å². The summed E-state index contributed by atoms with van der Waals surface area (Å²) >= 11 is 0. The Morgan fingerprint density at radius 3 is 2.23 bits per heavy atom.